The second-order valence-electron chi connectivity index (χ2n) is 5.34. The quantitative estimate of drug-likeness (QED) is 0.803. The minimum absolute atomic E-state index is 0.0281. The molecule has 3 nitrogen and oxygen atoms in total. The third kappa shape index (κ3) is 2.84. The van der Waals surface area contributed by atoms with Crippen LogP contribution < -0.4 is 5.32 Å². The predicted molar refractivity (Wildman–Crippen MR) is 74.8 cm³/mol. The summed E-state index contributed by atoms with van der Waals surface area (Å²) in [6, 6.07) is 8.62. The Balaban J connectivity index is 2.07. The summed E-state index contributed by atoms with van der Waals surface area (Å²) in [5, 5.41) is 3.00. The molecule has 1 heterocycles. The van der Waals surface area contributed by atoms with Crippen molar-refractivity contribution in [3.05, 3.63) is 29.8 Å². The van der Waals surface area contributed by atoms with E-state index < -0.39 is 0 Å². The van der Waals surface area contributed by atoms with Crippen LogP contribution in [0.25, 0.3) is 0 Å². The van der Waals surface area contributed by atoms with Gasteiger partial charge >= 0.3 is 6.03 Å². The van der Waals surface area contributed by atoms with Crippen LogP contribution in [0.3, 0.4) is 0 Å². The first-order chi connectivity index (χ1) is 8.58. The number of nitrogens with zero attached hydrogens (tertiary/aromatic N) is 1. The van der Waals surface area contributed by atoms with Gasteiger partial charge in [0.25, 0.3) is 0 Å². The summed E-state index contributed by atoms with van der Waals surface area (Å²) >= 11 is 0. The maximum atomic E-state index is 12.3. The molecule has 18 heavy (non-hydrogen) atoms. The first kappa shape index (κ1) is 12.9. The molecule has 1 aliphatic heterocycles. The predicted octanol–water partition coefficient (Wildman–Crippen LogP) is 3.79. The third-order valence-electron chi connectivity index (χ3n) is 3.70. The first-order valence-corrected chi connectivity index (χ1v) is 6.74. The highest BCUT2D eigenvalue weighted by Gasteiger charge is 2.28. The summed E-state index contributed by atoms with van der Waals surface area (Å²) in [4.78, 5) is 14.3. The molecule has 1 saturated heterocycles. The van der Waals surface area contributed by atoms with E-state index in [0.29, 0.717) is 12.1 Å². The van der Waals surface area contributed by atoms with Gasteiger partial charge in [-0.05, 0) is 57.7 Å². The van der Waals surface area contributed by atoms with E-state index in [9.17, 15) is 4.79 Å². The number of aryl methyl sites for hydroxylation is 1. The molecule has 2 rings (SSSR count). The molecule has 0 spiro atoms. The molecule has 98 valence electrons. The van der Waals surface area contributed by atoms with E-state index in [4.69, 9.17) is 0 Å². The van der Waals surface area contributed by atoms with Crippen LogP contribution in [0.1, 0.15) is 38.7 Å². The van der Waals surface area contributed by atoms with Gasteiger partial charge in [-0.15, -0.1) is 0 Å². The number of urea groups is 1. The lowest BCUT2D eigenvalue weighted by Gasteiger charge is -2.38. The fourth-order valence-corrected chi connectivity index (χ4v) is 2.73. The standard InChI is InChI=1S/C15H22N2O/c1-11-6-4-9-14(10-11)16-15(18)17-12(2)7-5-8-13(17)3/h4,6,9-10,12-13H,5,7-8H2,1-3H3,(H,16,18)/t12-,13+. The van der Waals surface area contributed by atoms with Gasteiger partial charge in [-0.25, -0.2) is 4.79 Å². The van der Waals surface area contributed by atoms with Gasteiger partial charge < -0.3 is 10.2 Å². The number of piperidine rings is 1. The van der Waals surface area contributed by atoms with Gasteiger partial charge in [-0.3, -0.25) is 0 Å². The number of rotatable bonds is 1. The zero-order chi connectivity index (χ0) is 13.1. The third-order valence-corrected chi connectivity index (χ3v) is 3.70. The lowest BCUT2D eigenvalue weighted by molar-refractivity contribution is 0.133. The van der Waals surface area contributed by atoms with Crippen molar-refractivity contribution in [2.45, 2.75) is 52.1 Å². The minimum atomic E-state index is 0.0281. The van der Waals surface area contributed by atoms with Crippen molar-refractivity contribution < 1.29 is 4.79 Å². The van der Waals surface area contributed by atoms with Crippen LogP contribution in [-0.2, 0) is 0 Å². The van der Waals surface area contributed by atoms with Crippen LogP contribution in [0, 0.1) is 6.92 Å². The van der Waals surface area contributed by atoms with Gasteiger partial charge in [-0.1, -0.05) is 12.1 Å². The first-order valence-electron chi connectivity index (χ1n) is 6.74. The Morgan fingerprint density at radius 2 is 1.94 bits per heavy atom. The Morgan fingerprint density at radius 3 is 2.56 bits per heavy atom. The fourth-order valence-electron chi connectivity index (χ4n) is 2.73. The molecule has 0 saturated carbocycles. The topological polar surface area (TPSA) is 32.3 Å². The number of likely N-dealkylation sites (tertiary alicyclic amines) is 1. The van der Waals surface area contributed by atoms with Gasteiger partial charge in [0.15, 0.2) is 0 Å². The number of benzene rings is 1. The van der Waals surface area contributed by atoms with E-state index in [1.807, 2.05) is 36.1 Å². The zero-order valence-electron chi connectivity index (χ0n) is 11.4. The highest BCUT2D eigenvalue weighted by molar-refractivity contribution is 5.89. The van der Waals surface area contributed by atoms with E-state index in [1.165, 1.54) is 6.42 Å². The highest BCUT2D eigenvalue weighted by Crippen LogP contribution is 2.23. The molecule has 0 radical (unpaired) electrons. The molecule has 3 heteroatoms. The summed E-state index contributed by atoms with van der Waals surface area (Å²) in [6.45, 7) is 6.29. The van der Waals surface area contributed by atoms with Crippen LogP contribution in [0.2, 0.25) is 0 Å². The molecular weight excluding hydrogens is 224 g/mol. The molecule has 2 atom stereocenters. The molecule has 0 bridgehead atoms. The molecule has 2 amide bonds. The lowest BCUT2D eigenvalue weighted by Crippen LogP contribution is -2.49. The largest absolute Gasteiger partial charge is 0.322 e. The average molecular weight is 246 g/mol. The van der Waals surface area contributed by atoms with Crippen LogP contribution in [0.5, 0.6) is 0 Å². The fraction of sp³-hybridized carbons (Fsp3) is 0.533. The van der Waals surface area contributed by atoms with Crippen molar-refractivity contribution in [3.63, 3.8) is 0 Å². The van der Waals surface area contributed by atoms with Gasteiger partial charge in [0, 0.05) is 17.8 Å². The molecule has 1 N–H and O–H groups in total. The number of anilines is 1. The summed E-state index contributed by atoms with van der Waals surface area (Å²) in [5.74, 6) is 0. The van der Waals surface area contributed by atoms with Crippen molar-refractivity contribution in [3.8, 4) is 0 Å². The maximum absolute atomic E-state index is 12.3. The molecular formula is C15H22N2O. The normalized spacial score (nSPS) is 23.8. The smallest absolute Gasteiger partial charge is 0.319 e. The number of hydrogen-bond donors (Lipinski definition) is 1. The number of amides is 2. The summed E-state index contributed by atoms with van der Waals surface area (Å²) < 4.78 is 0. The van der Waals surface area contributed by atoms with Gasteiger partial charge in [0.1, 0.15) is 0 Å². The molecule has 1 fully saturated rings. The van der Waals surface area contributed by atoms with Crippen LogP contribution in [0.15, 0.2) is 24.3 Å². The van der Waals surface area contributed by atoms with Crippen molar-refractivity contribution >= 4 is 11.7 Å². The summed E-state index contributed by atoms with van der Waals surface area (Å²) in [7, 11) is 0. The number of carbonyl (C=O) groups is 1. The monoisotopic (exact) mass is 246 g/mol. The van der Waals surface area contributed by atoms with Crippen LogP contribution in [-0.4, -0.2) is 23.0 Å². The SMILES string of the molecule is Cc1cccc(NC(=O)N2[C@H](C)CCC[C@@H]2C)c1. The van der Waals surface area contributed by atoms with Crippen LogP contribution in [0.4, 0.5) is 10.5 Å². The highest BCUT2D eigenvalue weighted by atomic mass is 16.2. The van der Waals surface area contributed by atoms with E-state index >= 15 is 0 Å². The van der Waals surface area contributed by atoms with Crippen molar-refractivity contribution in [2.24, 2.45) is 0 Å². The van der Waals surface area contributed by atoms with E-state index in [-0.39, 0.29) is 6.03 Å². The lowest BCUT2D eigenvalue weighted by atomic mass is 9.98. The van der Waals surface area contributed by atoms with Crippen molar-refractivity contribution in [2.75, 3.05) is 5.32 Å². The molecule has 0 aromatic heterocycles. The Morgan fingerprint density at radius 1 is 1.28 bits per heavy atom. The number of nitrogens with one attached hydrogen (secondary N) is 1. The summed E-state index contributed by atoms with van der Waals surface area (Å²) in [5.41, 5.74) is 2.04. The number of hydrogen-bond acceptors (Lipinski definition) is 1. The Labute approximate surface area is 109 Å². The molecule has 0 unspecified atom stereocenters. The minimum Gasteiger partial charge on any atom is -0.319 e. The van der Waals surface area contributed by atoms with Gasteiger partial charge in [-0.2, -0.15) is 0 Å². The van der Waals surface area contributed by atoms with Gasteiger partial charge in [0.05, 0.1) is 0 Å². The number of carbonyl (C=O) groups excluding carboxylic acids is 1. The van der Waals surface area contributed by atoms with E-state index in [0.717, 1.165) is 24.1 Å². The van der Waals surface area contributed by atoms with Crippen molar-refractivity contribution in [1.82, 2.24) is 4.90 Å². The van der Waals surface area contributed by atoms with Crippen LogP contribution >= 0.6 is 0 Å². The zero-order valence-corrected chi connectivity index (χ0v) is 11.4. The van der Waals surface area contributed by atoms with E-state index in [1.54, 1.807) is 0 Å². The molecule has 1 aromatic rings. The Kier molecular flexibility index (Phi) is 3.90. The Bertz CT molecular complexity index is 420. The maximum Gasteiger partial charge on any atom is 0.322 e. The molecule has 1 aliphatic rings. The van der Waals surface area contributed by atoms with E-state index in [2.05, 4.69) is 19.2 Å². The van der Waals surface area contributed by atoms with Gasteiger partial charge in [0.2, 0.25) is 0 Å². The molecule has 0 aliphatic carbocycles. The Hall–Kier alpha value is -1.51. The average Bonchev–Trinajstić information content (AvgIpc) is 2.28. The second kappa shape index (κ2) is 5.42. The molecule has 1 aromatic carbocycles. The summed E-state index contributed by atoms with van der Waals surface area (Å²) in [6.07, 6.45) is 3.42. The second-order valence-corrected chi connectivity index (χ2v) is 5.34. The van der Waals surface area contributed by atoms with Crippen molar-refractivity contribution in [1.29, 1.82) is 0 Å².